The maximum Gasteiger partial charge on any atom is 0.273 e. The summed E-state index contributed by atoms with van der Waals surface area (Å²) >= 11 is 12.1. The van der Waals surface area contributed by atoms with Gasteiger partial charge in [-0.05, 0) is 48.7 Å². The molecule has 0 fully saturated rings. The van der Waals surface area contributed by atoms with Gasteiger partial charge in [0.15, 0.2) is 5.69 Å². The lowest BCUT2D eigenvalue weighted by Crippen LogP contribution is -2.28. The van der Waals surface area contributed by atoms with Gasteiger partial charge in [-0.1, -0.05) is 49.2 Å². The smallest absolute Gasteiger partial charge is 0.273 e. The standard InChI is InChI=1S/C24H26Cl2N4O3/c1-4-30-13-20(22(29-30)24(32)27-12-15(2)3)28-23(31)17-7-5-6-16(10-17)14-33-21-9-8-18(25)11-19(21)26/h5-11,13,15H,4,12,14H2,1-3H3,(H,27,32)(H,28,31). The van der Waals surface area contributed by atoms with Gasteiger partial charge in [0.2, 0.25) is 0 Å². The van der Waals surface area contributed by atoms with E-state index in [2.05, 4.69) is 15.7 Å². The molecule has 3 aromatic rings. The number of halogens is 2. The number of anilines is 1. The Hall–Kier alpha value is -3.03. The summed E-state index contributed by atoms with van der Waals surface area (Å²) in [5.41, 5.74) is 1.75. The molecule has 1 aromatic heterocycles. The summed E-state index contributed by atoms with van der Waals surface area (Å²) in [5, 5.41) is 10.9. The molecule has 0 aliphatic heterocycles. The van der Waals surface area contributed by atoms with Crippen molar-refractivity contribution in [1.82, 2.24) is 15.1 Å². The molecule has 2 amide bonds. The lowest BCUT2D eigenvalue weighted by Gasteiger charge is -2.10. The van der Waals surface area contributed by atoms with E-state index in [1.165, 1.54) is 0 Å². The van der Waals surface area contributed by atoms with Crippen LogP contribution in [0.1, 0.15) is 47.2 Å². The highest BCUT2D eigenvalue weighted by molar-refractivity contribution is 6.35. The summed E-state index contributed by atoms with van der Waals surface area (Å²) in [4.78, 5) is 25.5. The fraction of sp³-hybridized carbons (Fsp3) is 0.292. The number of ether oxygens (including phenoxy) is 1. The van der Waals surface area contributed by atoms with Crippen molar-refractivity contribution in [3.8, 4) is 5.75 Å². The van der Waals surface area contributed by atoms with E-state index in [1.807, 2.05) is 26.8 Å². The van der Waals surface area contributed by atoms with Crippen molar-refractivity contribution in [2.24, 2.45) is 5.92 Å². The van der Waals surface area contributed by atoms with Crippen LogP contribution >= 0.6 is 23.2 Å². The van der Waals surface area contributed by atoms with Gasteiger partial charge in [0, 0.05) is 29.9 Å². The molecule has 0 aliphatic carbocycles. The van der Waals surface area contributed by atoms with E-state index in [1.54, 1.807) is 47.3 Å². The number of rotatable bonds is 9. The van der Waals surface area contributed by atoms with Crippen molar-refractivity contribution < 1.29 is 14.3 Å². The first kappa shape index (κ1) is 24.6. The fourth-order valence-corrected chi connectivity index (χ4v) is 3.44. The van der Waals surface area contributed by atoms with E-state index < -0.39 is 0 Å². The number of carbonyl (C=O) groups is 2. The molecule has 2 aromatic carbocycles. The van der Waals surface area contributed by atoms with Crippen LogP contribution in [0.3, 0.4) is 0 Å². The Kier molecular flexibility index (Phi) is 8.36. The normalized spacial score (nSPS) is 10.8. The van der Waals surface area contributed by atoms with E-state index in [0.717, 1.165) is 5.56 Å². The molecule has 0 unspecified atom stereocenters. The molecule has 0 atom stereocenters. The van der Waals surface area contributed by atoms with Crippen LogP contribution in [-0.2, 0) is 13.2 Å². The molecule has 3 rings (SSSR count). The van der Waals surface area contributed by atoms with Crippen LogP contribution in [0.25, 0.3) is 0 Å². The number of nitrogens with zero attached hydrogens (tertiary/aromatic N) is 2. The summed E-state index contributed by atoms with van der Waals surface area (Å²) in [7, 11) is 0. The second-order valence-electron chi connectivity index (χ2n) is 7.87. The number of benzene rings is 2. The highest BCUT2D eigenvalue weighted by atomic mass is 35.5. The first-order chi connectivity index (χ1) is 15.8. The molecule has 0 aliphatic rings. The zero-order chi connectivity index (χ0) is 24.0. The lowest BCUT2D eigenvalue weighted by molar-refractivity contribution is 0.0944. The Balaban J connectivity index is 1.72. The highest BCUT2D eigenvalue weighted by Gasteiger charge is 2.19. The van der Waals surface area contributed by atoms with Gasteiger partial charge >= 0.3 is 0 Å². The van der Waals surface area contributed by atoms with Crippen molar-refractivity contribution in [1.29, 1.82) is 0 Å². The molecular formula is C24H26Cl2N4O3. The molecule has 33 heavy (non-hydrogen) atoms. The third kappa shape index (κ3) is 6.73. The van der Waals surface area contributed by atoms with Crippen LogP contribution in [0, 0.1) is 5.92 Å². The summed E-state index contributed by atoms with van der Waals surface area (Å²) in [6.45, 7) is 7.23. The zero-order valence-electron chi connectivity index (χ0n) is 18.7. The zero-order valence-corrected chi connectivity index (χ0v) is 20.2. The van der Waals surface area contributed by atoms with Crippen LogP contribution in [0.2, 0.25) is 10.0 Å². The summed E-state index contributed by atoms with van der Waals surface area (Å²) in [6.07, 6.45) is 1.65. The van der Waals surface area contributed by atoms with Gasteiger partial charge in [-0.2, -0.15) is 5.10 Å². The number of aromatic nitrogens is 2. The van der Waals surface area contributed by atoms with Gasteiger partial charge in [-0.15, -0.1) is 0 Å². The number of aryl methyl sites for hydroxylation is 1. The topological polar surface area (TPSA) is 85.2 Å². The average molecular weight is 489 g/mol. The monoisotopic (exact) mass is 488 g/mol. The largest absolute Gasteiger partial charge is 0.487 e. The van der Waals surface area contributed by atoms with Crippen molar-refractivity contribution >= 4 is 40.7 Å². The number of hydrogen-bond acceptors (Lipinski definition) is 4. The molecule has 0 radical (unpaired) electrons. The minimum Gasteiger partial charge on any atom is -0.487 e. The number of hydrogen-bond donors (Lipinski definition) is 2. The molecule has 174 valence electrons. The predicted molar refractivity (Wildman–Crippen MR) is 130 cm³/mol. The third-order valence-electron chi connectivity index (χ3n) is 4.70. The van der Waals surface area contributed by atoms with Gasteiger partial charge in [0.25, 0.3) is 11.8 Å². The van der Waals surface area contributed by atoms with Crippen LogP contribution in [0.4, 0.5) is 5.69 Å². The Morgan fingerprint density at radius 3 is 2.61 bits per heavy atom. The first-order valence-electron chi connectivity index (χ1n) is 10.6. The van der Waals surface area contributed by atoms with Crippen LogP contribution in [0.5, 0.6) is 5.75 Å². The first-order valence-corrected chi connectivity index (χ1v) is 11.4. The molecule has 0 spiro atoms. The Morgan fingerprint density at radius 2 is 1.91 bits per heavy atom. The molecule has 0 bridgehead atoms. The summed E-state index contributed by atoms with van der Waals surface area (Å²) in [6, 6.07) is 12.0. The van der Waals surface area contributed by atoms with E-state index in [0.29, 0.717) is 46.1 Å². The molecule has 2 N–H and O–H groups in total. The van der Waals surface area contributed by atoms with Gasteiger partial charge in [-0.3, -0.25) is 14.3 Å². The second kappa shape index (κ2) is 11.2. The Morgan fingerprint density at radius 1 is 1.12 bits per heavy atom. The maximum atomic E-state index is 12.9. The number of nitrogens with one attached hydrogen (secondary N) is 2. The fourth-order valence-electron chi connectivity index (χ4n) is 2.97. The van der Waals surface area contributed by atoms with Gasteiger partial charge in [0.05, 0.1) is 10.7 Å². The van der Waals surface area contributed by atoms with Crippen molar-refractivity contribution in [3.63, 3.8) is 0 Å². The molecular weight excluding hydrogens is 463 g/mol. The summed E-state index contributed by atoms with van der Waals surface area (Å²) < 4.78 is 7.37. The van der Waals surface area contributed by atoms with E-state index in [9.17, 15) is 9.59 Å². The molecule has 1 heterocycles. The number of amides is 2. The van der Waals surface area contributed by atoms with Crippen molar-refractivity contribution in [2.45, 2.75) is 33.9 Å². The highest BCUT2D eigenvalue weighted by Crippen LogP contribution is 2.28. The third-order valence-corrected chi connectivity index (χ3v) is 5.23. The van der Waals surface area contributed by atoms with E-state index in [-0.39, 0.29) is 24.1 Å². The van der Waals surface area contributed by atoms with Crippen molar-refractivity contribution in [2.75, 3.05) is 11.9 Å². The van der Waals surface area contributed by atoms with E-state index >= 15 is 0 Å². The quantitative estimate of drug-likeness (QED) is 0.420. The number of carbonyl (C=O) groups excluding carboxylic acids is 2. The Bertz CT molecular complexity index is 1140. The average Bonchev–Trinajstić information content (AvgIpc) is 3.20. The molecule has 9 heteroatoms. The summed E-state index contributed by atoms with van der Waals surface area (Å²) in [5.74, 6) is 0.121. The lowest BCUT2D eigenvalue weighted by atomic mass is 10.1. The molecule has 7 nitrogen and oxygen atoms in total. The van der Waals surface area contributed by atoms with E-state index in [4.69, 9.17) is 27.9 Å². The molecule has 0 saturated heterocycles. The minimum absolute atomic E-state index is 0.183. The van der Waals surface area contributed by atoms with Crippen LogP contribution in [-0.4, -0.2) is 28.1 Å². The van der Waals surface area contributed by atoms with Gasteiger partial charge in [0.1, 0.15) is 12.4 Å². The predicted octanol–water partition coefficient (Wildman–Crippen LogP) is 5.43. The second-order valence-corrected chi connectivity index (χ2v) is 8.71. The van der Waals surface area contributed by atoms with Crippen LogP contribution < -0.4 is 15.4 Å². The molecule has 0 saturated carbocycles. The maximum absolute atomic E-state index is 12.9. The SMILES string of the molecule is CCn1cc(NC(=O)c2cccc(COc3ccc(Cl)cc3Cl)c2)c(C(=O)NCC(C)C)n1. The van der Waals surface area contributed by atoms with Gasteiger partial charge < -0.3 is 15.4 Å². The Labute approximate surface area is 203 Å². The minimum atomic E-state index is -0.352. The van der Waals surface area contributed by atoms with Crippen molar-refractivity contribution in [3.05, 3.63) is 75.5 Å². The van der Waals surface area contributed by atoms with Crippen LogP contribution in [0.15, 0.2) is 48.7 Å². The van der Waals surface area contributed by atoms with Gasteiger partial charge in [-0.25, -0.2) is 0 Å².